The number of imidazole rings is 3. The fourth-order valence-electron chi connectivity index (χ4n) is 11.8. The van der Waals surface area contributed by atoms with E-state index in [0.717, 1.165) is 149 Å². The molecular weight excluding hydrogens is 919 g/mol. The fourth-order valence-corrected chi connectivity index (χ4v) is 11.8. The van der Waals surface area contributed by atoms with E-state index in [1.54, 1.807) is 0 Å². The lowest BCUT2D eigenvalue weighted by Gasteiger charge is -2.18. The lowest BCUT2D eigenvalue weighted by atomic mass is 9.86. The molecule has 0 atom stereocenters. The minimum atomic E-state index is 0.952. The number of benzene rings is 7. The second-order valence-electron chi connectivity index (χ2n) is 19.3. The molecule has 0 amide bonds. The number of nitrogens with zero attached hydrogens (tertiary/aromatic N) is 9. The van der Waals surface area contributed by atoms with Crippen molar-refractivity contribution in [3.63, 3.8) is 0 Å². The van der Waals surface area contributed by atoms with Gasteiger partial charge in [-0.2, -0.15) is 0 Å². The fraction of sp³-hybridized carbons (Fsp3) is 0. The van der Waals surface area contributed by atoms with E-state index in [4.69, 9.17) is 15.0 Å². The summed E-state index contributed by atoms with van der Waals surface area (Å²) in [6.45, 7) is 0. The molecule has 0 N–H and O–H groups in total. The third kappa shape index (κ3) is 6.25. The Bertz CT molecular complexity index is 4530. The lowest BCUT2D eigenvalue weighted by molar-refractivity contribution is 1.21. The first-order chi connectivity index (χ1) is 37.2. The molecule has 0 aliphatic heterocycles. The van der Waals surface area contributed by atoms with Crippen molar-refractivity contribution < 1.29 is 0 Å². The van der Waals surface area contributed by atoms with Crippen LogP contribution in [0.1, 0.15) is 0 Å². The Morgan fingerprint density at radius 2 is 0.493 bits per heavy atom. The van der Waals surface area contributed by atoms with Gasteiger partial charge >= 0.3 is 0 Å². The standard InChI is InChI=1S/C66H39N9/c1-4-16-49(43-28-55-61-34-67-37-73(61)58-22-10-7-19-52(58)64(55)70-31-43)46(13-1)40-25-41(47-14-2-5-17-50(47)44-29-56-62-35-68-38-74(62)59-23-11-8-20-53(59)65(56)71-32-44)27-42(26-40)48-15-3-6-18-51(48)45-30-57-63-36-69-39-75(63)60-24-12-9-21-54(60)66(57)72-33-45/h1-39H. The number of aromatic nitrogens is 9. The average Bonchev–Trinajstić information content (AvgIpc) is 4.31. The third-order valence-electron chi connectivity index (χ3n) is 15.2. The summed E-state index contributed by atoms with van der Waals surface area (Å²) >= 11 is 0. The molecule has 9 heterocycles. The molecule has 0 saturated carbocycles. The van der Waals surface area contributed by atoms with Crippen molar-refractivity contribution in [2.75, 3.05) is 0 Å². The van der Waals surface area contributed by atoms with E-state index in [1.807, 2.05) is 56.2 Å². The van der Waals surface area contributed by atoms with Crippen LogP contribution in [0.4, 0.5) is 0 Å². The first-order valence-electron chi connectivity index (χ1n) is 25.0. The number of fused-ring (bicyclic) bond motifs is 18. The van der Waals surface area contributed by atoms with E-state index in [1.165, 1.54) is 0 Å². The van der Waals surface area contributed by atoms with Crippen LogP contribution in [-0.2, 0) is 0 Å². The molecule has 9 heteroatoms. The quantitative estimate of drug-likeness (QED) is 0.154. The van der Waals surface area contributed by atoms with Gasteiger partial charge in [0.05, 0.1) is 87.2 Å². The highest BCUT2D eigenvalue weighted by atomic mass is 15.0. The molecule has 348 valence electrons. The number of hydrogen-bond donors (Lipinski definition) is 0. The summed E-state index contributed by atoms with van der Waals surface area (Å²) in [5, 5.41) is 6.40. The van der Waals surface area contributed by atoms with Crippen molar-refractivity contribution in [2.24, 2.45) is 0 Å². The minimum absolute atomic E-state index is 0.952. The monoisotopic (exact) mass is 957 g/mol. The molecule has 0 saturated heterocycles. The normalized spacial score (nSPS) is 12.0. The highest BCUT2D eigenvalue weighted by Gasteiger charge is 2.20. The van der Waals surface area contributed by atoms with E-state index < -0.39 is 0 Å². The number of hydrogen-bond acceptors (Lipinski definition) is 6. The summed E-state index contributed by atoms with van der Waals surface area (Å²) in [5.74, 6) is 0. The topological polar surface area (TPSA) is 90.6 Å². The van der Waals surface area contributed by atoms with Gasteiger partial charge < -0.3 is 0 Å². The largest absolute Gasteiger partial charge is 0.298 e. The zero-order chi connectivity index (χ0) is 49.1. The summed E-state index contributed by atoms with van der Waals surface area (Å²) < 4.78 is 6.49. The van der Waals surface area contributed by atoms with Gasteiger partial charge in [0.1, 0.15) is 0 Å². The zero-order valence-electron chi connectivity index (χ0n) is 40.0. The van der Waals surface area contributed by atoms with Gasteiger partial charge in [0, 0.05) is 67.6 Å². The second kappa shape index (κ2) is 16.1. The van der Waals surface area contributed by atoms with Crippen LogP contribution in [0.3, 0.4) is 0 Å². The number of rotatable bonds is 6. The van der Waals surface area contributed by atoms with Crippen LogP contribution in [0.5, 0.6) is 0 Å². The molecule has 0 spiro atoms. The number of pyridine rings is 6. The molecule has 0 fully saturated rings. The SMILES string of the molecule is c1ccc(-c2cnc3c4ccccc4n4cncc4c3c2)c(-c2cc(-c3ccccc3-c3cnc4c5ccccc5n5cncc5c4c3)cc(-c3ccccc3-c3cnc4c5ccccc5n5cncc5c4c3)c2)c1. The van der Waals surface area contributed by atoms with Crippen molar-refractivity contribution in [2.45, 2.75) is 0 Å². The molecule has 7 aromatic carbocycles. The van der Waals surface area contributed by atoms with Gasteiger partial charge in [-0.15, -0.1) is 0 Å². The van der Waals surface area contributed by atoms with Crippen LogP contribution in [0.15, 0.2) is 238 Å². The first-order valence-corrected chi connectivity index (χ1v) is 25.0. The van der Waals surface area contributed by atoms with Crippen molar-refractivity contribution in [3.05, 3.63) is 238 Å². The second-order valence-corrected chi connectivity index (χ2v) is 19.3. The lowest BCUT2D eigenvalue weighted by Crippen LogP contribution is -1.95. The van der Waals surface area contributed by atoms with Crippen LogP contribution in [-0.4, -0.2) is 43.1 Å². The van der Waals surface area contributed by atoms with E-state index in [-0.39, 0.29) is 0 Å². The molecule has 75 heavy (non-hydrogen) atoms. The van der Waals surface area contributed by atoms with Crippen molar-refractivity contribution in [1.82, 2.24) is 43.1 Å². The molecular formula is C66H39N9. The molecule has 0 bridgehead atoms. The van der Waals surface area contributed by atoms with Gasteiger partial charge in [0.25, 0.3) is 0 Å². The molecule has 0 aliphatic rings. The smallest absolute Gasteiger partial charge is 0.0997 e. The van der Waals surface area contributed by atoms with Crippen LogP contribution in [0.2, 0.25) is 0 Å². The Kier molecular flexibility index (Phi) is 8.84. The summed E-state index contributed by atoms with van der Waals surface area (Å²) in [6.07, 6.45) is 17.6. The molecule has 9 nitrogen and oxygen atoms in total. The van der Waals surface area contributed by atoms with Gasteiger partial charge in [-0.25, -0.2) is 15.0 Å². The maximum Gasteiger partial charge on any atom is 0.0997 e. The van der Waals surface area contributed by atoms with Crippen LogP contribution in [0.25, 0.3) is 149 Å². The maximum atomic E-state index is 5.21. The van der Waals surface area contributed by atoms with Crippen LogP contribution < -0.4 is 0 Å². The highest BCUT2D eigenvalue weighted by Crippen LogP contribution is 2.44. The molecule has 0 unspecified atom stereocenters. The highest BCUT2D eigenvalue weighted by molar-refractivity contribution is 6.14. The van der Waals surface area contributed by atoms with Crippen LogP contribution >= 0.6 is 0 Å². The Morgan fingerprint density at radius 3 is 0.800 bits per heavy atom. The van der Waals surface area contributed by atoms with Crippen molar-refractivity contribution in [3.8, 4) is 66.8 Å². The zero-order valence-corrected chi connectivity index (χ0v) is 40.0. The number of para-hydroxylation sites is 3. The van der Waals surface area contributed by atoms with E-state index >= 15 is 0 Å². The summed E-state index contributed by atoms with van der Waals surface area (Å²) in [7, 11) is 0. The molecule has 9 aromatic heterocycles. The molecule has 0 aliphatic carbocycles. The van der Waals surface area contributed by atoms with Crippen molar-refractivity contribution in [1.29, 1.82) is 0 Å². The van der Waals surface area contributed by atoms with E-state index in [9.17, 15) is 0 Å². The summed E-state index contributed by atoms with van der Waals surface area (Å²) in [6, 6.07) is 65.2. The summed E-state index contributed by atoms with van der Waals surface area (Å²) in [4.78, 5) is 29.4. The molecule has 0 radical (unpaired) electrons. The van der Waals surface area contributed by atoms with Gasteiger partial charge in [0.15, 0.2) is 0 Å². The average molecular weight is 958 g/mol. The Hall–Kier alpha value is -10.4. The van der Waals surface area contributed by atoms with Gasteiger partial charge in [-0.05, 0) is 105 Å². The Morgan fingerprint density at radius 1 is 0.227 bits per heavy atom. The van der Waals surface area contributed by atoms with Gasteiger partial charge in [0.2, 0.25) is 0 Å². The Balaban J connectivity index is 0.920. The van der Waals surface area contributed by atoms with Crippen molar-refractivity contribution >= 4 is 82.0 Å². The predicted molar refractivity (Wildman–Crippen MR) is 304 cm³/mol. The molecule has 16 rings (SSSR count). The summed E-state index contributed by atoms with van der Waals surface area (Å²) in [5.41, 5.74) is 21.9. The third-order valence-corrected chi connectivity index (χ3v) is 15.2. The minimum Gasteiger partial charge on any atom is -0.298 e. The first kappa shape index (κ1) is 41.3. The predicted octanol–water partition coefficient (Wildman–Crippen LogP) is 15.7. The Labute approximate surface area is 428 Å². The van der Waals surface area contributed by atoms with Gasteiger partial charge in [-0.1, -0.05) is 127 Å². The van der Waals surface area contributed by atoms with E-state index in [2.05, 4.69) is 210 Å². The van der Waals surface area contributed by atoms with Crippen LogP contribution in [0, 0.1) is 0 Å². The van der Waals surface area contributed by atoms with Gasteiger partial charge in [-0.3, -0.25) is 28.2 Å². The molecule has 16 aromatic rings. The van der Waals surface area contributed by atoms with E-state index in [0.29, 0.717) is 0 Å². The maximum absolute atomic E-state index is 5.21.